The lowest BCUT2D eigenvalue weighted by atomic mass is 9.42. The van der Waals surface area contributed by atoms with Crippen molar-refractivity contribution in [3.63, 3.8) is 0 Å². The molecular weight excluding hydrogens is 346 g/mol. The monoisotopic (exact) mass is 376 g/mol. The summed E-state index contributed by atoms with van der Waals surface area (Å²) in [6.07, 6.45) is 3.34. The van der Waals surface area contributed by atoms with Gasteiger partial charge in [-0.3, -0.25) is 0 Å². The third kappa shape index (κ3) is 3.80. The number of aryl methyl sites for hydroxylation is 1. The Balaban J connectivity index is 1.60. The van der Waals surface area contributed by atoms with E-state index in [9.17, 15) is 10.2 Å². The highest BCUT2D eigenvalue weighted by atomic mass is 16.5. The van der Waals surface area contributed by atoms with Crippen LogP contribution in [0.4, 0.5) is 0 Å². The zero-order chi connectivity index (χ0) is 19.9. The first kappa shape index (κ1) is 19.8. The van der Waals surface area contributed by atoms with Crippen molar-refractivity contribution in [1.82, 2.24) is 0 Å². The highest BCUT2D eigenvalue weighted by Crippen LogP contribution is 2.37. The van der Waals surface area contributed by atoms with Crippen molar-refractivity contribution in [2.45, 2.75) is 62.6 Å². The minimum absolute atomic E-state index is 0.0433. The van der Waals surface area contributed by atoms with Gasteiger partial charge in [0.05, 0.1) is 24.9 Å². The molecule has 4 rings (SSSR count). The second-order valence-electron chi connectivity index (χ2n) is 9.17. The molecule has 2 aromatic rings. The molecule has 1 aliphatic carbocycles. The van der Waals surface area contributed by atoms with Crippen LogP contribution in [-0.2, 0) is 29.2 Å². The van der Waals surface area contributed by atoms with Gasteiger partial charge in [0, 0.05) is 12.8 Å². The quantitative estimate of drug-likeness (QED) is 0.776. The minimum Gasteiger partial charge on any atom is -0.394 e. The van der Waals surface area contributed by atoms with Gasteiger partial charge < -0.3 is 14.9 Å². The van der Waals surface area contributed by atoms with Crippen LogP contribution in [0.25, 0.3) is 0 Å². The zero-order valence-electron chi connectivity index (χ0n) is 17.2. The molecule has 1 fully saturated rings. The van der Waals surface area contributed by atoms with Crippen molar-refractivity contribution in [2.75, 3.05) is 6.61 Å². The summed E-state index contributed by atoms with van der Waals surface area (Å²) in [5, 5.41) is 19.9. The van der Waals surface area contributed by atoms with Crippen LogP contribution < -0.4 is 0 Å². The Hall–Kier alpha value is -1.55. The van der Waals surface area contributed by atoms with Crippen LogP contribution in [0.3, 0.4) is 0 Å². The van der Waals surface area contributed by atoms with Crippen LogP contribution >= 0.6 is 0 Å². The van der Waals surface area contributed by atoms with Crippen LogP contribution in [0, 0.1) is 0 Å². The van der Waals surface area contributed by atoms with Gasteiger partial charge in [-0.05, 0) is 47.1 Å². The first-order valence-corrected chi connectivity index (χ1v) is 10.6. The van der Waals surface area contributed by atoms with E-state index in [1.165, 1.54) is 34.2 Å². The third-order valence-corrected chi connectivity index (χ3v) is 6.49. The van der Waals surface area contributed by atoms with Gasteiger partial charge in [-0.1, -0.05) is 54.1 Å². The lowest BCUT2D eigenvalue weighted by Crippen LogP contribution is -2.39. The van der Waals surface area contributed by atoms with Gasteiger partial charge in [0.15, 0.2) is 0 Å². The Kier molecular flexibility index (Phi) is 5.43. The number of ether oxygens (including phenoxy) is 1. The second kappa shape index (κ2) is 7.70. The second-order valence-corrected chi connectivity index (χ2v) is 9.17. The predicted octanol–water partition coefficient (Wildman–Crippen LogP) is 1.39. The van der Waals surface area contributed by atoms with E-state index in [2.05, 4.69) is 59.0 Å². The van der Waals surface area contributed by atoms with Gasteiger partial charge >= 0.3 is 0 Å². The summed E-state index contributed by atoms with van der Waals surface area (Å²) in [5.41, 5.74) is 8.13. The van der Waals surface area contributed by atoms with Gasteiger partial charge in [0.1, 0.15) is 15.7 Å². The molecule has 2 aromatic carbocycles. The number of fused-ring (bicyclic) bond motifs is 1. The molecule has 0 aromatic heterocycles. The average molecular weight is 376 g/mol. The standard InChI is InChI=1S/C23H30B2O3/c1-2-15-5-6-16(22-11-19(27)10-20(13-26)28-22)9-18(15)7-14-3-4-17-12-23(24,25)21(17)8-14/h3-6,8-9,19-20,22,26-27H,2,7,10-13,24-25H2,1H3. The fraction of sp³-hybridized carbons (Fsp3) is 0.478. The number of aliphatic hydroxyl groups excluding tert-OH is 2. The van der Waals surface area contributed by atoms with Gasteiger partial charge in [-0.15, -0.1) is 0 Å². The summed E-state index contributed by atoms with van der Waals surface area (Å²) in [7, 11) is 4.64. The maximum Gasteiger partial charge on any atom is 0.105 e. The first-order chi connectivity index (χ1) is 13.4. The highest BCUT2D eigenvalue weighted by molar-refractivity contribution is 6.41. The van der Waals surface area contributed by atoms with E-state index in [0.717, 1.165) is 18.4 Å². The Labute approximate surface area is 169 Å². The maximum atomic E-state index is 10.2. The van der Waals surface area contributed by atoms with Crippen molar-refractivity contribution in [3.05, 3.63) is 69.8 Å². The molecule has 1 heterocycles. The lowest BCUT2D eigenvalue weighted by molar-refractivity contribution is -0.113. The van der Waals surface area contributed by atoms with Crippen LogP contribution in [0.2, 0.25) is 0 Å². The summed E-state index contributed by atoms with van der Waals surface area (Å²) in [4.78, 5) is 0. The molecule has 0 amide bonds. The molecule has 3 unspecified atom stereocenters. The summed E-state index contributed by atoms with van der Waals surface area (Å²) >= 11 is 0. The SMILES string of the molecule is BC1(B)Cc2ccc(Cc3cc(C4CC(O)CC(CO)O4)ccc3CC)cc21. The molecular formula is C23H30B2O3. The topological polar surface area (TPSA) is 49.7 Å². The van der Waals surface area contributed by atoms with E-state index in [1.807, 2.05) is 0 Å². The molecule has 2 N–H and O–H groups in total. The van der Waals surface area contributed by atoms with Crippen LogP contribution in [0.1, 0.15) is 59.3 Å². The predicted molar refractivity (Wildman–Crippen MR) is 117 cm³/mol. The fourth-order valence-electron chi connectivity index (χ4n) is 4.88. The van der Waals surface area contributed by atoms with E-state index < -0.39 is 6.10 Å². The van der Waals surface area contributed by atoms with Crippen LogP contribution in [0.5, 0.6) is 0 Å². The van der Waals surface area contributed by atoms with Crippen LogP contribution in [0.15, 0.2) is 36.4 Å². The normalized spacial score (nSPS) is 25.8. The number of rotatable bonds is 5. The number of hydrogen-bond donors (Lipinski definition) is 2. The van der Waals surface area contributed by atoms with E-state index in [0.29, 0.717) is 18.1 Å². The molecule has 146 valence electrons. The summed E-state index contributed by atoms with van der Waals surface area (Å²) in [6.45, 7) is 2.15. The van der Waals surface area contributed by atoms with Gasteiger partial charge in [0.2, 0.25) is 0 Å². The molecule has 28 heavy (non-hydrogen) atoms. The molecule has 5 heteroatoms. The fourth-order valence-corrected chi connectivity index (χ4v) is 4.88. The largest absolute Gasteiger partial charge is 0.394 e. The Morgan fingerprint density at radius 1 is 1.11 bits per heavy atom. The minimum atomic E-state index is -0.416. The maximum absolute atomic E-state index is 10.2. The Bertz CT molecular complexity index is 865. The molecule has 0 radical (unpaired) electrons. The van der Waals surface area contributed by atoms with Gasteiger partial charge in [-0.25, -0.2) is 0 Å². The number of benzene rings is 2. The van der Waals surface area contributed by atoms with E-state index in [4.69, 9.17) is 4.74 Å². The highest BCUT2D eigenvalue weighted by Gasteiger charge is 2.33. The first-order valence-electron chi connectivity index (χ1n) is 10.6. The van der Waals surface area contributed by atoms with E-state index in [-0.39, 0.29) is 18.8 Å². The molecule has 1 aliphatic heterocycles. The van der Waals surface area contributed by atoms with E-state index in [1.54, 1.807) is 0 Å². The molecule has 3 nitrogen and oxygen atoms in total. The van der Waals surface area contributed by atoms with Crippen molar-refractivity contribution in [3.8, 4) is 0 Å². The lowest BCUT2D eigenvalue weighted by Gasteiger charge is -2.39. The summed E-state index contributed by atoms with van der Waals surface area (Å²) in [6, 6.07) is 13.5. The zero-order valence-corrected chi connectivity index (χ0v) is 17.2. The molecule has 2 aliphatic rings. The van der Waals surface area contributed by atoms with E-state index >= 15 is 0 Å². The third-order valence-electron chi connectivity index (χ3n) is 6.49. The molecule has 1 saturated heterocycles. The Morgan fingerprint density at radius 3 is 2.64 bits per heavy atom. The van der Waals surface area contributed by atoms with Crippen LogP contribution in [-0.4, -0.2) is 44.7 Å². The van der Waals surface area contributed by atoms with Gasteiger partial charge in [-0.2, -0.15) is 0 Å². The number of aliphatic hydroxyl groups is 2. The Morgan fingerprint density at radius 2 is 1.93 bits per heavy atom. The molecule has 0 spiro atoms. The van der Waals surface area contributed by atoms with Crippen molar-refractivity contribution >= 4 is 15.7 Å². The number of hydrogen-bond acceptors (Lipinski definition) is 3. The van der Waals surface area contributed by atoms with Gasteiger partial charge in [0.25, 0.3) is 0 Å². The smallest absolute Gasteiger partial charge is 0.105 e. The summed E-state index contributed by atoms with van der Waals surface area (Å²) in [5.74, 6) is 0. The molecule has 0 bridgehead atoms. The van der Waals surface area contributed by atoms with Crippen molar-refractivity contribution in [1.29, 1.82) is 0 Å². The molecule has 3 atom stereocenters. The summed E-state index contributed by atoms with van der Waals surface area (Å²) < 4.78 is 6.03. The van der Waals surface area contributed by atoms with Crippen molar-refractivity contribution in [2.24, 2.45) is 0 Å². The van der Waals surface area contributed by atoms with Crippen molar-refractivity contribution < 1.29 is 14.9 Å². The molecule has 0 saturated carbocycles. The average Bonchev–Trinajstić information content (AvgIpc) is 2.68.